The van der Waals surface area contributed by atoms with Crippen LogP contribution in [0.1, 0.15) is 12.8 Å². The number of H-pyrrole nitrogens is 1. The summed E-state index contributed by atoms with van der Waals surface area (Å²) in [6.07, 6.45) is 0.840. The number of aromatic nitrogens is 1. The van der Waals surface area contributed by atoms with Crippen LogP contribution < -0.4 is 5.56 Å². The Morgan fingerprint density at radius 2 is 2.05 bits per heavy atom. The van der Waals surface area contributed by atoms with Gasteiger partial charge >= 0.3 is 5.97 Å². The first-order valence-electron chi connectivity index (χ1n) is 6.77. The molecule has 1 atom stereocenters. The Balaban J connectivity index is 2.07. The number of nitrogens with one attached hydrogen (secondary N) is 1. The number of carboxylic acids is 1. The number of carboxylic acid groups (broad SMARTS) is 1. The third kappa shape index (κ3) is 2.40. The van der Waals surface area contributed by atoms with Crippen LogP contribution in [0.15, 0.2) is 40.0 Å². The Hall–Kier alpha value is -2.19. The first-order chi connectivity index (χ1) is 10.4. The van der Waals surface area contributed by atoms with Gasteiger partial charge < -0.3 is 10.1 Å². The monoisotopic (exact) mass is 322 g/mol. The van der Waals surface area contributed by atoms with Gasteiger partial charge in [-0.25, -0.2) is 8.42 Å². The predicted molar refractivity (Wildman–Crippen MR) is 79.1 cm³/mol. The molecule has 22 heavy (non-hydrogen) atoms. The first-order valence-corrected chi connectivity index (χ1v) is 8.21. The minimum Gasteiger partial charge on any atom is -0.480 e. The molecule has 2 N–H and O–H groups in total. The summed E-state index contributed by atoms with van der Waals surface area (Å²) in [6.45, 7) is 0.197. The highest BCUT2D eigenvalue weighted by Gasteiger charge is 2.39. The van der Waals surface area contributed by atoms with Crippen molar-refractivity contribution in [2.75, 3.05) is 6.54 Å². The normalized spacial score (nSPS) is 19.5. The van der Waals surface area contributed by atoms with E-state index in [2.05, 4.69) is 4.98 Å². The van der Waals surface area contributed by atoms with Gasteiger partial charge in [-0.3, -0.25) is 9.59 Å². The molecule has 0 bridgehead atoms. The zero-order chi connectivity index (χ0) is 15.9. The molecule has 0 unspecified atom stereocenters. The third-order valence-electron chi connectivity index (χ3n) is 3.79. The molecule has 0 aliphatic carbocycles. The number of fused-ring (bicyclic) bond motifs is 1. The molecule has 1 aliphatic heterocycles. The minimum absolute atomic E-state index is 0.0280. The van der Waals surface area contributed by atoms with Crippen molar-refractivity contribution in [1.29, 1.82) is 0 Å². The second-order valence-electron chi connectivity index (χ2n) is 5.18. The fourth-order valence-corrected chi connectivity index (χ4v) is 4.39. The highest BCUT2D eigenvalue weighted by atomic mass is 32.2. The minimum atomic E-state index is -3.87. The fourth-order valence-electron chi connectivity index (χ4n) is 2.70. The highest BCUT2D eigenvalue weighted by Crippen LogP contribution is 2.27. The molecule has 1 aromatic heterocycles. The van der Waals surface area contributed by atoms with Gasteiger partial charge in [0.15, 0.2) is 0 Å². The van der Waals surface area contributed by atoms with Crippen LogP contribution in [0.25, 0.3) is 10.9 Å². The number of pyridine rings is 1. The van der Waals surface area contributed by atoms with Crippen molar-refractivity contribution < 1.29 is 18.3 Å². The molecule has 1 aromatic carbocycles. The second kappa shape index (κ2) is 5.22. The van der Waals surface area contributed by atoms with Crippen LogP contribution in [0.2, 0.25) is 0 Å². The number of hydrogen-bond acceptors (Lipinski definition) is 4. The standard InChI is InChI=1S/C14H14N2O5S/c17-13-6-3-9-8-10(4-5-11(9)15-13)22(20,21)16-7-1-2-12(16)14(18)19/h3-6,8,12H,1-2,7H2,(H,15,17)(H,18,19)/t12-/m0/s1. The molecule has 2 heterocycles. The van der Waals surface area contributed by atoms with Crippen LogP contribution >= 0.6 is 0 Å². The Morgan fingerprint density at radius 3 is 2.77 bits per heavy atom. The summed E-state index contributed by atoms with van der Waals surface area (Å²) in [7, 11) is -3.87. The number of hydrogen-bond donors (Lipinski definition) is 2. The SMILES string of the molecule is O=C(O)[C@@H]1CCCN1S(=O)(=O)c1ccc2[nH]c(=O)ccc2c1. The lowest BCUT2D eigenvalue weighted by Crippen LogP contribution is -2.40. The maximum atomic E-state index is 12.7. The second-order valence-corrected chi connectivity index (χ2v) is 7.07. The van der Waals surface area contributed by atoms with Crippen molar-refractivity contribution in [3.05, 3.63) is 40.7 Å². The molecule has 1 aliphatic rings. The molecular formula is C14H14N2O5S. The number of rotatable bonds is 3. The quantitative estimate of drug-likeness (QED) is 0.867. The van der Waals surface area contributed by atoms with Crippen LogP contribution in [0.3, 0.4) is 0 Å². The molecule has 3 rings (SSSR count). The van der Waals surface area contributed by atoms with Crippen molar-refractivity contribution in [1.82, 2.24) is 9.29 Å². The van der Waals surface area contributed by atoms with Crippen molar-refractivity contribution in [2.45, 2.75) is 23.8 Å². The number of carbonyl (C=O) groups is 1. The first kappa shape index (κ1) is 14.7. The largest absolute Gasteiger partial charge is 0.480 e. The van der Waals surface area contributed by atoms with Gasteiger partial charge in [0.2, 0.25) is 15.6 Å². The molecule has 116 valence electrons. The molecule has 8 heteroatoms. The average Bonchev–Trinajstić information content (AvgIpc) is 2.97. The van der Waals surface area contributed by atoms with Crippen LogP contribution in [0.4, 0.5) is 0 Å². The zero-order valence-electron chi connectivity index (χ0n) is 11.5. The molecule has 1 saturated heterocycles. The molecule has 0 saturated carbocycles. The number of nitrogens with zero attached hydrogens (tertiary/aromatic N) is 1. The molecule has 2 aromatic rings. The maximum Gasteiger partial charge on any atom is 0.322 e. The average molecular weight is 322 g/mol. The van der Waals surface area contributed by atoms with Crippen LogP contribution in [-0.4, -0.2) is 41.4 Å². The number of aromatic amines is 1. The summed E-state index contributed by atoms with van der Waals surface area (Å²) in [6, 6.07) is 6.16. The fraction of sp³-hybridized carbons (Fsp3) is 0.286. The third-order valence-corrected chi connectivity index (χ3v) is 5.69. The van der Waals surface area contributed by atoms with Gasteiger partial charge in [0, 0.05) is 18.1 Å². The smallest absolute Gasteiger partial charge is 0.322 e. The maximum absolute atomic E-state index is 12.7. The van der Waals surface area contributed by atoms with Crippen molar-refractivity contribution in [2.24, 2.45) is 0 Å². The lowest BCUT2D eigenvalue weighted by Gasteiger charge is -2.21. The molecule has 0 spiro atoms. The highest BCUT2D eigenvalue weighted by molar-refractivity contribution is 7.89. The molecule has 7 nitrogen and oxygen atoms in total. The molecule has 0 radical (unpaired) electrons. The Morgan fingerprint density at radius 1 is 1.27 bits per heavy atom. The summed E-state index contributed by atoms with van der Waals surface area (Å²) in [5.41, 5.74) is 0.260. The summed E-state index contributed by atoms with van der Waals surface area (Å²) in [4.78, 5) is 25.1. The Labute approximate surface area is 126 Å². The predicted octanol–water partition coefficient (Wildman–Crippen LogP) is 0.766. The van der Waals surface area contributed by atoms with Gasteiger partial charge in [0.25, 0.3) is 0 Å². The molecule has 1 fully saturated rings. The van der Waals surface area contributed by atoms with E-state index in [-0.39, 0.29) is 17.0 Å². The molecular weight excluding hydrogens is 308 g/mol. The Bertz CT molecular complexity index is 903. The van der Waals surface area contributed by atoms with Gasteiger partial charge in [-0.05, 0) is 42.5 Å². The van der Waals surface area contributed by atoms with Gasteiger partial charge in [0.05, 0.1) is 4.90 Å². The number of sulfonamides is 1. The number of benzene rings is 1. The molecule has 0 amide bonds. The van der Waals surface area contributed by atoms with Crippen LogP contribution in [0, 0.1) is 0 Å². The summed E-state index contributed by atoms with van der Waals surface area (Å²) in [5.74, 6) is -1.13. The zero-order valence-corrected chi connectivity index (χ0v) is 12.3. The Kier molecular flexibility index (Phi) is 3.50. The van der Waals surface area contributed by atoms with Crippen LogP contribution in [-0.2, 0) is 14.8 Å². The van der Waals surface area contributed by atoms with E-state index in [1.807, 2.05) is 0 Å². The van der Waals surface area contributed by atoms with Gasteiger partial charge in [-0.2, -0.15) is 4.31 Å². The van der Waals surface area contributed by atoms with E-state index in [9.17, 15) is 18.0 Å². The summed E-state index contributed by atoms with van der Waals surface area (Å²) in [5, 5.41) is 9.73. The van der Waals surface area contributed by atoms with Gasteiger partial charge in [-0.1, -0.05) is 0 Å². The van der Waals surface area contributed by atoms with E-state index in [0.717, 1.165) is 4.31 Å². The van der Waals surface area contributed by atoms with E-state index in [4.69, 9.17) is 5.11 Å². The topological polar surface area (TPSA) is 108 Å². The van der Waals surface area contributed by atoms with Crippen molar-refractivity contribution >= 4 is 26.9 Å². The lowest BCUT2D eigenvalue weighted by atomic mass is 10.2. The summed E-state index contributed by atoms with van der Waals surface area (Å²) >= 11 is 0. The van der Waals surface area contributed by atoms with Crippen molar-refractivity contribution in [3.8, 4) is 0 Å². The van der Waals surface area contributed by atoms with E-state index in [1.165, 1.54) is 30.3 Å². The lowest BCUT2D eigenvalue weighted by molar-refractivity contribution is -0.140. The van der Waals surface area contributed by atoms with E-state index < -0.39 is 22.0 Å². The van der Waals surface area contributed by atoms with Gasteiger partial charge in [-0.15, -0.1) is 0 Å². The van der Waals surface area contributed by atoms with E-state index in [1.54, 1.807) is 0 Å². The van der Waals surface area contributed by atoms with E-state index in [0.29, 0.717) is 23.7 Å². The summed E-state index contributed by atoms with van der Waals surface area (Å²) < 4.78 is 26.3. The van der Waals surface area contributed by atoms with Crippen molar-refractivity contribution in [3.63, 3.8) is 0 Å². The number of aliphatic carboxylic acids is 1. The van der Waals surface area contributed by atoms with Gasteiger partial charge in [0.1, 0.15) is 6.04 Å². The van der Waals surface area contributed by atoms with E-state index >= 15 is 0 Å². The van der Waals surface area contributed by atoms with Crippen LogP contribution in [0.5, 0.6) is 0 Å².